The lowest BCUT2D eigenvalue weighted by molar-refractivity contribution is 0.0559. The van der Waals surface area contributed by atoms with Crippen molar-refractivity contribution in [1.82, 2.24) is 24.6 Å². The molecule has 7 nitrogen and oxygen atoms in total. The number of imidazole rings is 1. The minimum absolute atomic E-state index is 0.104. The first-order valence-corrected chi connectivity index (χ1v) is 7.75. The third-order valence-corrected chi connectivity index (χ3v) is 3.86. The molecule has 26 heavy (non-hydrogen) atoms. The monoisotopic (exact) mass is 361 g/mol. The van der Waals surface area contributed by atoms with Crippen molar-refractivity contribution in [3.05, 3.63) is 66.0 Å². The maximum Gasteiger partial charge on any atom is 0.333 e. The van der Waals surface area contributed by atoms with Gasteiger partial charge in [-0.05, 0) is 23.8 Å². The molecule has 2 aromatic heterocycles. The second-order valence-corrected chi connectivity index (χ2v) is 5.54. The number of aromatic nitrogens is 4. The maximum absolute atomic E-state index is 12.7. The van der Waals surface area contributed by atoms with E-state index in [4.69, 9.17) is 4.74 Å². The van der Waals surface area contributed by atoms with Gasteiger partial charge in [0.15, 0.2) is 0 Å². The first-order valence-electron chi connectivity index (χ1n) is 7.75. The smallest absolute Gasteiger partial charge is 0.333 e. The minimum atomic E-state index is -2.81. The molecule has 0 bridgehead atoms. The van der Waals surface area contributed by atoms with Crippen LogP contribution < -0.4 is 10.1 Å². The van der Waals surface area contributed by atoms with E-state index in [9.17, 15) is 13.6 Å². The van der Waals surface area contributed by atoms with E-state index in [1.165, 1.54) is 6.07 Å². The molecule has 0 spiro atoms. The van der Waals surface area contributed by atoms with Crippen molar-refractivity contribution in [3.63, 3.8) is 0 Å². The Balaban J connectivity index is 1.93. The third-order valence-electron chi connectivity index (χ3n) is 3.86. The van der Waals surface area contributed by atoms with Gasteiger partial charge >= 0.3 is 6.55 Å². The summed E-state index contributed by atoms with van der Waals surface area (Å²) in [6.45, 7) is -2.81. The molecular weight excluding hydrogens is 344 g/mol. The fraction of sp³-hybridized carbons (Fsp3) is 0.235. The summed E-state index contributed by atoms with van der Waals surface area (Å²) in [6.07, 6.45) is 4.42. The Morgan fingerprint density at radius 3 is 2.69 bits per heavy atom. The predicted octanol–water partition coefficient (Wildman–Crippen LogP) is 2.54. The Bertz CT molecular complexity index is 906. The number of ether oxygens (including phenoxy) is 1. The van der Waals surface area contributed by atoms with Crippen LogP contribution in [0.4, 0.5) is 8.78 Å². The summed E-state index contributed by atoms with van der Waals surface area (Å²) in [4.78, 5) is 16.8. The molecule has 0 radical (unpaired) electrons. The molecule has 136 valence electrons. The van der Waals surface area contributed by atoms with E-state index >= 15 is 0 Å². The Morgan fingerprint density at radius 2 is 2.08 bits per heavy atom. The lowest BCUT2D eigenvalue weighted by Crippen LogP contribution is -2.31. The summed E-state index contributed by atoms with van der Waals surface area (Å²) in [5.41, 5.74) is 0.632. The quantitative estimate of drug-likeness (QED) is 0.732. The van der Waals surface area contributed by atoms with E-state index < -0.39 is 18.5 Å². The Morgan fingerprint density at radius 1 is 1.27 bits per heavy atom. The number of alkyl halides is 2. The van der Waals surface area contributed by atoms with Gasteiger partial charge in [0.1, 0.15) is 23.3 Å². The summed E-state index contributed by atoms with van der Waals surface area (Å²) >= 11 is 0. The van der Waals surface area contributed by atoms with Crippen LogP contribution in [-0.4, -0.2) is 32.3 Å². The summed E-state index contributed by atoms with van der Waals surface area (Å²) < 4.78 is 32.8. The summed E-state index contributed by atoms with van der Waals surface area (Å²) in [5.74, 6) is 0.623. The summed E-state index contributed by atoms with van der Waals surface area (Å²) in [6, 6.07) is 7.81. The molecule has 2 heterocycles. The van der Waals surface area contributed by atoms with Gasteiger partial charge in [0, 0.05) is 25.6 Å². The number of amides is 1. The standard InChI is InChI=1S/C17H17F2N5O2/c1-23-9-7-20-15(23)14(11-4-3-5-12(10-11)26-2)21-16(25)13-6-8-24(22-13)17(18)19/h3-10,14,17H,1-2H3,(H,21,25). The molecule has 0 aliphatic heterocycles. The van der Waals surface area contributed by atoms with Crippen molar-refractivity contribution in [2.75, 3.05) is 7.11 Å². The first kappa shape index (κ1) is 17.6. The number of rotatable bonds is 6. The lowest BCUT2D eigenvalue weighted by Gasteiger charge is -2.19. The topological polar surface area (TPSA) is 74.0 Å². The van der Waals surface area contributed by atoms with Crippen LogP contribution in [0.5, 0.6) is 5.75 Å². The molecule has 0 saturated heterocycles. The first-order chi connectivity index (χ1) is 12.5. The Hall–Kier alpha value is -3.23. The highest BCUT2D eigenvalue weighted by Gasteiger charge is 2.23. The van der Waals surface area contributed by atoms with Gasteiger partial charge < -0.3 is 14.6 Å². The van der Waals surface area contributed by atoms with E-state index in [1.807, 2.05) is 6.07 Å². The van der Waals surface area contributed by atoms with Crippen LogP contribution in [-0.2, 0) is 7.05 Å². The summed E-state index contributed by atoms with van der Waals surface area (Å²) in [7, 11) is 3.34. The van der Waals surface area contributed by atoms with Gasteiger partial charge in [0.25, 0.3) is 5.91 Å². The minimum Gasteiger partial charge on any atom is -0.497 e. The molecule has 3 aromatic rings. The number of benzene rings is 1. The molecule has 9 heteroatoms. The molecule has 1 N–H and O–H groups in total. The summed E-state index contributed by atoms with van der Waals surface area (Å²) in [5, 5.41) is 6.39. The van der Waals surface area contributed by atoms with Crippen LogP contribution in [0.25, 0.3) is 0 Å². The Kier molecular flexibility index (Phi) is 4.97. The van der Waals surface area contributed by atoms with Crippen LogP contribution in [0.2, 0.25) is 0 Å². The number of methoxy groups -OCH3 is 1. The molecule has 0 fully saturated rings. The van der Waals surface area contributed by atoms with E-state index in [2.05, 4.69) is 15.4 Å². The highest BCUT2D eigenvalue weighted by molar-refractivity contribution is 5.92. The van der Waals surface area contributed by atoms with Gasteiger partial charge in [-0.1, -0.05) is 12.1 Å². The van der Waals surface area contributed by atoms with Crippen molar-refractivity contribution >= 4 is 5.91 Å². The average Bonchev–Trinajstić information content (AvgIpc) is 3.29. The van der Waals surface area contributed by atoms with Gasteiger partial charge in [0.2, 0.25) is 0 Å². The molecule has 0 saturated carbocycles. The number of carbonyl (C=O) groups is 1. The number of hydrogen-bond acceptors (Lipinski definition) is 4. The molecule has 1 atom stereocenters. The van der Waals surface area contributed by atoms with Crippen LogP contribution in [0.3, 0.4) is 0 Å². The lowest BCUT2D eigenvalue weighted by atomic mass is 10.1. The number of nitrogens with zero attached hydrogens (tertiary/aromatic N) is 4. The van der Waals surface area contributed by atoms with E-state index in [0.717, 1.165) is 11.8 Å². The number of nitrogens with one attached hydrogen (secondary N) is 1. The maximum atomic E-state index is 12.7. The molecule has 0 aliphatic rings. The van der Waals surface area contributed by atoms with Crippen LogP contribution in [0, 0.1) is 0 Å². The predicted molar refractivity (Wildman–Crippen MR) is 89.0 cm³/mol. The third kappa shape index (κ3) is 3.56. The number of hydrogen-bond donors (Lipinski definition) is 1. The molecular formula is C17H17F2N5O2. The normalized spacial score (nSPS) is 12.2. The van der Waals surface area contributed by atoms with Crippen LogP contribution in [0.15, 0.2) is 48.9 Å². The Labute approximate surface area is 148 Å². The van der Waals surface area contributed by atoms with Crippen molar-refractivity contribution < 1.29 is 18.3 Å². The fourth-order valence-corrected chi connectivity index (χ4v) is 2.55. The molecule has 0 aliphatic carbocycles. The van der Waals surface area contributed by atoms with Gasteiger partial charge in [-0.2, -0.15) is 13.9 Å². The van der Waals surface area contributed by atoms with Gasteiger partial charge in [-0.3, -0.25) is 4.79 Å². The SMILES string of the molecule is COc1cccc(C(NC(=O)c2ccn(C(F)F)n2)c2nccn2C)c1. The molecule has 1 aromatic carbocycles. The second kappa shape index (κ2) is 7.34. The molecule has 1 unspecified atom stereocenters. The largest absolute Gasteiger partial charge is 0.497 e. The van der Waals surface area contributed by atoms with Gasteiger partial charge in [0.05, 0.1) is 7.11 Å². The number of halogens is 2. The zero-order chi connectivity index (χ0) is 18.7. The van der Waals surface area contributed by atoms with Gasteiger partial charge in [-0.15, -0.1) is 0 Å². The highest BCUT2D eigenvalue weighted by Crippen LogP contribution is 2.24. The van der Waals surface area contributed by atoms with Crippen molar-refractivity contribution in [2.45, 2.75) is 12.6 Å². The van der Waals surface area contributed by atoms with Crippen LogP contribution >= 0.6 is 0 Å². The average molecular weight is 361 g/mol. The zero-order valence-corrected chi connectivity index (χ0v) is 14.1. The zero-order valence-electron chi connectivity index (χ0n) is 14.1. The number of carbonyl (C=O) groups excluding carboxylic acids is 1. The molecule has 3 rings (SSSR count). The fourth-order valence-electron chi connectivity index (χ4n) is 2.55. The van der Waals surface area contributed by atoms with Crippen molar-refractivity contribution in [3.8, 4) is 5.75 Å². The van der Waals surface area contributed by atoms with Crippen molar-refractivity contribution in [2.24, 2.45) is 7.05 Å². The van der Waals surface area contributed by atoms with Gasteiger partial charge in [-0.25, -0.2) is 9.67 Å². The highest BCUT2D eigenvalue weighted by atomic mass is 19.3. The van der Waals surface area contributed by atoms with E-state index in [-0.39, 0.29) is 5.69 Å². The second-order valence-electron chi connectivity index (χ2n) is 5.54. The van der Waals surface area contributed by atoms with Crippen LogP contribution in [0.1, 0.15) is 34.5 Å². The number of aryl methyl sites for hydroxylation is 1. The van der Waals surface area contributed by atoms with E-state index in [0.29, 0.717) is 16.3 Å². The van der Waals surface area contributed by atoms with Crippen molar-refractivity contribution in [1.29, 1.82) is 0 Å². The molecule has 1 amide bonds. The van der Waals surface area contributed by atoms with E-state index in [1.54, 1.807) is 49.3 Å².